The number of pyridine rings is 1. The molecule has 1 rings (SSSR count). The fourth-order valence-electron chi connectivity index (χ4n) is 1.08. The highest BCUT2D eigenvalue weighted by Crippen LogP contribution is 2.00. The van der Waals surface area contributed by atoms with Crippen molar-refractivity contribution in [3.8, 4) is 0 Å². The van der Waals surface area contributed by atoms with Crippen LogP contribution in [-0.2, 0) is 0 Å². The van der Waals surface area contributed by atoms with Crippen LogP contribution in [0.4, 0.5) is 0 Å². The van der Waals surface area contributed by atoms with E-state index in [1.54, 1.807) is 6.20 Å². The minimum absolute atomic E-state index is 0.572. The summed E-state index contributed by atoms with van der Waals surface area (Å²) in [6.45, 7) is 1.98. The van der Waals surface area contributed by atoms with Gasteiger partial charge in [-0.1, -0.05) is 11.2 Å². The Morgan fingerprint density at radius 2 is 2.00 bits per heavy atom. The first kappa shape index (κ1) is 9.86. The van der Waals surface area contributed by atoms with Crippen LogP contribution < -0.4 is 0 Å². The summed E-state index contributed by atoms with van der Waals surface area (Å²) in [6, 6.07) is 5.84. The van der Waals surface area contributed by atoms with Gasteiger partial charge in [0.1, 0.15) is 5.71 Å². The van der Waals surface area contributed by atoms with E-state index in [-0.39, 0.29) is 0 Å². The third kappa shape index (κ3) is 3.34. The van der Waals surface area contributed by atoms with E-state index in [2.05, 4.69) is 10.1 Å². The van der Waals surface area contributed by atoms with Gasteiger partial charge < -0.3 is 0 Å². The molecule has 0 radical (unpaired) electrons. The highest BCUT2D eigenvalue weighted by molar-refractivity contribution is 5.96. The second-order valence-electron chi connectivity index (χ2n) is 3.84. The van der Waals surface area contributed by atoms with Crippen molar-refractivity contribution in [3.63, 3.8) is 0 Å². The molecule has 1 aromatic heterocycles. The fourth-order valence-corrected chi connectivity index (χ4v) is 1.08. The van der Waals surface area contributed by atoms with Crippen LogP contribution in [0.15, 0.2) is 29.5 Å². The zero-order valence-electron chi connectivity index (χ0n) is 8.65. The molecule has 0 unspecified atom stereocenters. The first-order chi connectivity index (χ1) is 5.99. The van der Waals surface area contributed by atoms with Crippen LogP contribution >= 0.6 is 0 Å². The van der Waals surface area contributed by atoms with E-state index in [1.165, 1.54) is 0 Å². The zero-order valence-corrected chi connectivity index (χ0v) is 8.65. The van der Waals surface area contributed by atoms with Crippen LogP contribution in [0.2, 0.25) is 0 Å². The normalized spacial score (nSPS) is 13.1. The van der Waals surface area contributed by atoms with E-state index in [0.29, 0.717) is 4.59 Å². The van der Waals surface area contributed by atoms with Crippen LogP contribution in [0, 0.1) is 0 Å². The molecule has 0 aliphatic rings. The number of rotatable bonds is 2. The molecule has 0 saturated carbocycles. The molecular formula is C10H16N3+. The molecule has 0 bridgehead atoms. The lowest BCUT2D eigenvalue weighted by molar-refractivity contribution is -0.877. The first-order valence-corrected chi connectivity index (χ1v) is 4.29. The number of hydrogen-bond acceptors (Lipinski definition) is 2. The lowest BCUT2D eigenvalue weighted by Gasteiger charge is -2.16. The molecule has 1 aromatic rings. The molecule has 0 N–H and O–H groups in total. The molecule has 13 heavy (non-hydrogen) atoms. The Kier molecular flexibility index (Phi) is 2.78. The van der Waals surface area contributed by atoms with E-state index < -0.39 is 0 Å². The third-order valence-corrected chi connectivity index (χ3v) is 1.49. The van der Waals surface area contributed by atoms with Crippen molar-refractivity contribution in [2.24, 2.45) is 5.10 Å². The van der Waals surface area contributed by atoms with Gasteiger partial charge in [0.15, 0.2) is 0 Å². The van der Waals surface area contributed by atoms with Gasteiger partial charge in [-0.2, -0.15) is 0 Å². The summed E-state index contributed by atoms with van der Waals surface area (Å²) in [5.74, 6) is 0. The van der Waals surface area contributed by atoms with Crippen molar-refractivity contribution in [1.29, 1.82) is 0 Å². The van der Waals surface area contributed by atoms with Gasteiger partial charge in [0.25, 0.3) is 0 Å². The van der Waals surface area contributed by atoms with Gasteiger partial charge in [-0.05, 0) is 19.1 Å². The molecule has 0 atom stereocenters. The maximum atomic E-state index is 4.47. The van der Waals surface area contributed by atoms with Crippen molar-refractivity contribution in [3.05, 3.63) is 30.1 Å². The van der Waals surface area contributed by atoms with Crippen molar-refractivity contribution in [2.75, 3.05) is 21.1 Å². The van der Waals surface area contributed by atoms with Gasteiger partial charge in [-0.15, -0.1) is 0 Å². The molecule has 3 nitrogen and oxygen atoms in total. The maximum absolute atomic E-state index is 4.47. The minimum Gasteiger partial charge on any atom is -0.255 e. The summed E-state index contributed by atoms with van der Waals surface area (Å²) in [6.07, 6.45) is 1.78. The number of quaternary nitrogens is 1. The largest absolute Gasteiger partial charge is 0.255 e. The summed E-state index contributed by atoms with van der Waals surface area (Å²) in [5, 5.41) is 4.47. The van der Waals surface area contributed by atoms with Crippen LogP contribution in [0.5, 0.6) is 0 Å². The molecular weight excluding hydrogens is 162 g/mol. The third-order valence-electron chi connectivity index (χ3n) is 1.49. The van der Waals surface area contributed by atoms with Gasteiger partial charge in [-0.25, -0.2) is 4.59 Å². The summed E-state index contributed by atoms with van der Waals surface area (Å²) in [4.78, 5) is 4.22. The molecule has 0 saturated heterocycles. The molecule has 0 aromatic carbocycles. The fraction of sp³-hybridized carbons (Fsp3) is 0.400. The van der Waals surface area contributed by atoms with E-state index in [1.807, 2.05) is 46.3 Å². The predicted octanol–water partition coefficient (Wildman–Crippen LogP) is 1.51. The number of hydrogen-bond donors (Lipinski definition) is 0. The number of aromatic nitrogens is 1. The van der Waals surface area contributed by atoms with E-state index in [4.69, 9.17) is 0 Å². The zero-order chi connectivity index (χ0) is 9.90. The Balaban J connectivity index is 2.92. The standard InChI is InChI=1S/C10H16N3/c1-9(12-13(2,3)4)10-7-5-6-8-11-10/h5-8H,1-4H3/q+1. The van der Waals surface area contributed by atoms with Crippen LogP contribution in [0.25, 0.3) is 0 Å². The summed E-state index contributed by atoms with van der Waals surface area (Å²) < 4.78 is 0.572. The highest BCUT2D eigenvalue weighted by atomic mass is 15.6. The van der Waals surface area contributed by atoms with Crippen LogP contribution in [0.1, 0.15) is 12.6 Å². The van der Waals surface area contributed by atoms with Crippen molar-refractivity contribution < 1.29 is 4.59 Å². The second kappa shape index (κ2) is 3.66. The summed E-state index contributed by atoms with van der Waals surface area (Å²) in [7, 11) is 6.06. The van der Waals surface area contributed by atoms with Crippen molar-refractivity contribution in [1.82, 2.24) is 4.98 Å². The molecule has 0 aliphatic heterocycles. The first-order valence-electron chi connectivity index (χ1n) is 4.29. The van der Waals surface area contributed by atoms with Gasteiger partial charge in [-0.3, -0.25) is 4.98 Å². The van der Waals surface area contributed by atoms with E-state index >= 15 is 0 Å². The van der Waals surface area contributed by atoms with E-state index in [0.717, 1.165) is 11.4 Å². The van der Waals surface area contributed by atoms with Crippen molar-refractivity contribution >= 4 is 5.71 Å². The summed E-state index contributed by atoms with van der Waals surface area (Å²) >= 11 is 0. The van der Waals surface area contributed by atoms with Crippen LogP contribution in [0.3, 0.4) is 0 Å². The Labute approximate surface area is 79.3 Å². The molecule has 0 aliphatic carbocycles. The second-order valence-corrected chi connectivity index (χ2v) is 3.84. The Morgan fingerprint density at radius 1 is 1.31 bits per heavy atom. The smallest absolute Gasteiger partial charge is 0.118 e. The lowest BCUT2D eigenvalue weighted by Crippen LogP contribution is -2.29. The summed E-state index contributed by atoms with van der Waals surface area (Å²) in [5.41, 5.74) is 1.91. The Hall–Kier alpha value is -1.22. The topological polar surface area (TPSA) is 25.2 Å². The molecule has 70 valence electrons. The minimum atomic E-state index is 0.572. The van der Waals surface area contributed by atoms with E-state index in [9.17, 15) is 0 Å². The average molecular weight is 178 g/mol. The Morgan fingerprint density at radius 3 is 2.46 bits per heavy atom. The molecule has 0 spiro atoms. The molecule has 1 heterocycles. The maximum Gasteiger partial charge on any atom is 0.118 e. The van der Waals surface area contributed by atoms with Gasteiger partial charge in [0.05, 0.1) is 26.8 Å². The van der Waals surface area contributed by atoms with Gasteiger partial charge in [0, 0.05) is 6.20 Å². The van der Waals surface area contributed by atoms with Gasteiger partial charge >= 0.3 is 0 Å². The van der Waals surface area contributed by atoms with Crippen LogP contribution in [-0.4, -0.2) is 36.4 Å². The Bertz CT molecular complexity index is 296. The molecule has 3 heteroatoms. The SMILES string of the molecule is CC(=N[N+](C)(C)C)c1ccccn1. The molecule has 0 amide bonds. The lowest BCUT2D eigenvalue weighted by atomic mass is 10.3. The van der Waals surface area contributed by atoms with Gasteiger partial charge in [0.2, 0.25) is 0 Å². The molecule has 0 fully saturated rings. The monoisotopic (exact) mass is 178 g/mol. The highest BCUT2D eigenvalue weighted by Gasteiger charge is 2.07. The van der Waals surface area contributed by atoms with Crippen molar-refractivity contribution in [2.45, 2.75) is 6.92 Å². The quantitative estimate of drug-likeness (QED) is 0.383. The average Bonchev–Trinajstić information content (AvgIpc) is 2.03. The predicted molar refractivity (Wildman–Crippen MR) is 54.5 cm³/mol. The number of nitrogens with zero attached hydrogens (tertiary/aromatic N) is 3.